The molecule has 1 aromatic heterocycles. The van der Waals surface area contributed by atoms with Gasteiger partial charge in [-0.15, -0.1) is 11.3 Å². The molecule has 1 aliphatic heterocycles. The number of ether oxygens (including phenoxy) is 1. The van der Waals surface area contributed by atoms with Crippen LogP contribution in [0.1, 0.15) is 23.4 Å². The van der Waals surface area contributed by atoms with Gasteiger partial charge in [0.05, 0.1) is 13.7 Å². The third-order valence-corrected chi connectivity index (χ3v) is 7.96. The Morgan fingerprint density at radius 2 is 2.11 bits per heavy atom. The first-order valence-electron chi connectivity index (χ1n) is 9.05. The average Bonchev–Trinajstić information content (AvgIpc) is 3.13. The Bertz CT molecular complexity index is 969. The van der Waals surface area contributed by atoms with Gasteiger partial charge in [0.15, 0.2) is 6.54 Å². The van der Waals surface area contributed by atoms with E-state index in [1.807, 2.05) is 0 Å². The maximum Gasteiger partial charge on any atom is 0.279 e. The van der Waals surface area contributed by atoms with Crippen LogP contribution in [0.5, 0.6) is 5.75 Å². The Balaban J connectivity index is 1.74. The summed E-state index contributed by atoms with van der Waals surface area (Å²) in [5, 5.41) is 4.94. The summed E-state index contributed by atoms with van der Waals surface area (Å²) < 4.78 is 31.4. The van der Waals surface area contributed by atoms with E-state index in [-0.39, 0.29) is 22.6 Å². The molecule has 0 fully saturated rings. The molecular formula is C19H26N3O4S2+. The van der Waals surface area contributed by atoms with E-state index in [0.717, 1.165) is 17.3 Å². The molecule has 2 aromatic rings. The molecule has 2 atom stereocenters. The van der Waals surface area contributed by atoms with E-state index in [0.29, 0.717) is 12.2 Å². The van der Waals surface area contributed by atoms with Gasteiger partial charge >= 0.3 is 0 Å². The molecule has 1 unspecified atom stereocenters. The number of methoxy groups -OCH3 is 1. The van der Waals surface area contributed by atoms with Crippen molar-refractivity contribution in [3.63, 3.8) is 0 Å². The van der Waals surface area contributed by atoms with E-state index < -0.39 is 10.0 Å². The molecule has 2 heterocycles. The summed E-state index contributed by atoms with van der Waals surface area (Å²) in [6.45, 7) is 3.38. The Morgan fingerprint density at radius 3 is 2.79 bits per heavy atom. The lowest BCUT2D eigenvalue weighted by atomic mass is 10.0. The maximum absolute atomic E-state index is 12.6. The summed E-state index contributed by atoms with van der Waals surface area (Å²) >= 11 is 1.78. The van der Waals surface area contributed by atoms with Crippen LogP contribution in [0.4, 0.5) is 5.69 Å². The Labute approximate surface area is 170 Å². The lowest BCUT2D eigenvalue weighted by Crippen LogP contribution is -3.14. The van der Waals surface area contributed by atoms with Gasteiger partial charge in [0, 0.05) is 36.6 Å². The second-order valence-electron chi connectivity index (χ2n) is 7.06. The fourth-order valence-electron chi connectivity index (χ4n) is 3.46. The highest BCUT2D eigenvalue weighted by Gasteiger charge is 2.30. The number of benzene rings is 1. The molecule has 1 amide bonds. The minimum absolute atomic E-state index is 0.0272. The highest BCUT2D eigenvalue weighted by molar-refractivity contribution is 7.89. The van der Waals surface area contributed by atoms with Gasteiger partial charge in [-0.3, -0.25) is 4.79 Å². The van der Waals surface area contributed by atoms with Crippen LogP contribution in [0.2, 0.25) is 0 Å². The van der Waals surface area contributed by atoms with Crippen molar-refractivity contribution in [2.24, 2.45) is 0 Å². The smallest absolute Gasteiger partial charge is 0.279 e. The predicted molar refractivity (Wildman–Crippen MR) is 110 cm³/mol. The van der Waals surface area contributed by atoms with Crippen LogP contribution in [-0.2, 0) is 21.2 Å². The zero-order valence-electron chi connectivity index (χ0n) is 16.5. The van der Waals surface area contributed by atoms with Crippen molar-refractivity contribution >= 4 is 33.0 Å². The van der Waals surface area contributed by atoms with Crippen LogP contribution in [0.3, 0.4) is 0 Å². The number of nitrogens with one attached hydrogen (secondary N) is 2. The van der Waals surface area contributed by atoms with Crippen molar-refractivity contribution in [2.75, 3.05) is 39.6 Å². The van der Waals surface area contributed by atoms with Crippen molar-refractivity contribution in [1.82, 2.24) is 4.31 Å². The van der Waals surface area contributed by atoms with Crippen LogP contribution < -0.4 is 15.0 Å². The van der Waals surface area contributed by atoms with Crippen molar-refractivity contribution in [3.05, 3.63) is 40.1 Å². The van der Waals surface area contributed by atoms with E-state index in [4.69, 9.17) is 4.74 Å². The molecule has 1 aliphatic rings. The number of rotatable bonds is 6. The number of quaternary nitrogens is 1. The monoisotopic (exact) mass is 424 g/mol. The van der Waals surface area contributed by atoms with Gasteiger partial charge in [0.25, 0.3) is 5.91 Å². The summed E-state index contributed by atoms with van der Waals surface area (Å²) in [6.07, 6.45) is 0.980. The molecule has 0 saturated carbocycles. The number of nitrogens with zero attached hydrogens (tertiary/aromatic N) is 1. The van der Waals surface area contributed by atoms with Gasteiger partial charge in [0.1, 0.15) is 16.7 Å². The number of sulfonamides is 1. The lowest BCUT2D eigenvalue weighted by Gasteiger charge is -2.29. The summed E-state index contributed by atoms with van der Waals surface area (Å²) in [5.41, 5.74) is 1.76. The van der Waals surface area contributed by atoms with E-state index >= 15 is 0 Å². The van der Waals surface area contributed by atoms with Crippen molar-refractivity contribution in [1.29, 1.82) is 0 Å². The first-order valence-corrected chi connectivity index (χ1v) is 11.4. The van der Waals surface area contributed by atoms with Crippen LogP contribution in [0.25, 0.3) is 0 Å². The van der Waals surface area contributed by atoms with Crippen molar-refractivity contribution < 1.29 is 22.8 Å². The van der Waals surface area contributed by atoms with E-state index in [1.165, 1.54) is 42.6 Å². The minimum Gasteiger partial charge on any atom is -0.495 e. The third kappa shape index (κ3) is 4.07. The molecular weight excluding hydrogens is 398 g/mol. The number of hydrogen-bond donors (Lipinski definition) is 2. The average molecular weight is 425 g/mol. The number of carbonyl (C=O) groups excluding carboxylic acids is 1. The first kappa shape index (κ1) is 20.8. The molecule has 28 heavy (non-hydrogen) atoms. The molecule has 0 radical (unpaired) electrons. The van der Waals surface area contributed by atoms with Gasteiger partial charge in [-0.25, -0.2) is 12.7 Å². The molecule has 152 valence electrons. The predicted octanol–water partition coefficient (Wildman–Crippen LogP) is 1.15. The van der Waals surface area contributed by atoms with Gasteiger partial charge in [-0.2, -0.15) is 0 Å². The summed E-state index contributed by atoms with van der Waals surface area (Å²) in [4.78, 5) is 15.2. The minimum atomic E-state index is -3.69. The molecule has 1 aromatic carbocycles. The molecule has 3 rings (SSSR count). The SMILES string of the molecule is COc1ccc(NC(=O)C[NH+]2CCc3sccc3[C@H]2C)cc1S(=O)(=O)N(C)C. The number of amides is 1. The van der Waals surface area contributed by atoms with Gasteiger partial charge in [-0.05, 0) is 36.6 Å². The highest BCUT2D eigenvalue weighted by Crippen LogP contribution is 2.29. The molecule has 7 nitrogen and oxygen atoms in total. The standard InChI is InChI=1S/C19H25N3O4S2/c1-13-15-8-10-27-17(15)7-9-22(13)12-19(23)20-14-5-6-16(26-4)18(11-14)28(24,25)21(2)3/h5-6,8,10-11,13H,7,9,12H2,1-4H3,(H,20,23)/p+1/t13-/m1/s1. The van der Waals surface area contributed by atoms with Gasteiger partial charge in [-0.1, -0.05) is 0 Å². The zero-order chi connectivity index (χ0) is 20.5. The third-order valence-electron chi connectivity index (χ3n) is 5.13. The molecule has 9 heteroatoms. The van der Waals surface area contributed by atoms with Crippen LogP contribution in [-0.4, -0.2) is 52.9 Å². The molecule has 0 saturated heterocycles. The second-order valence-corrected chi connectivity index (χ2v) is 10.2. The lowest BCUT2D eigenvalue weighted by molar-refractivity contribution is -0.923. The van der Waals surface area contributed by atoms with Crippen LogP contribution in [0.15, 0.2) is 34.5 Å². The first-order chi connectivity index (χ1) is 13.2. The maximum atomic E-state index is 12.6. The fraction of sp³-hybridized carbons (Fsp3) is 0.421. The number of fused-ring (bicyclic) bond motifs is 1. The van der Waals surface area contributed by atoms with E-state index in [2.05, 4.69) is 23.7 Å². The van der Waals surface area contributed by atoms with Crippen LogP contribution in [0, 0.1) is 0 Å². The van der Waals surface area contributed by atoms with E-state index in [1.54, 1.807) is 23.5 Å². The summed E-state index contributed by atoms with van der Waals surface area (Å²) in [5.74, 6) is 0.103. The normalized spacial score (nSPS) is 19.3. The number of anilines is 1. The Kier molecular flexibility index (Phi) is 6.09. The fourth-order valence-corrected chi connectivity index (χ4v) is 5.51. The Morgan fingerprint density at radius 1 is 1.36 bits per heavy atom. The largest absolute Gasteiger partial charge is 0.495 e. The summed E-state index contributed by atoms with van der Waals surface area (Å²) in [6, 6.07) is 7.06. The number of carbonyl (C=O) groups is 1. The highest BCUT2D eigenvalue weighted by atomic mass is 32.2. The molecule has 0 spiro atoms. The number of thiophene rings is 1. The second kappa shape index (κ2) is 8.20. The van der Waals surface area contributed by atoms with Gasteiger partial charge < -0.3 is 15.0 Å². The van der Waals surface area contributed by atoms with Gasteiger partial charge in [0.2, 0.25) is 10.0 Å². The van der Waals surface area contributed by atoms with Crippen LogP contribution >= 0.6 is 11.3 Å². The van der Waals surface area contributed by atoms with Crippen molar-refractivity contribution in [2.45, 2.75) is 24.3 Å². The van der Waals surface area contributed by atoms with Crippen molar-refractivity contribution in [3.8, 4) is 5.75 Å². The Hall–Kier alpha value is -1.94. The quantitative estimate of drug-likeness (QED) is 0.729. The molecule has 0 aliphatic carbocycles. The molecule has 2 N–H and O–H groups in total. The zero-order valence-corrected chi connectivity index (χ0v) is 18.1. The molecule has 0 bridgehead atoms. The van der Waals surface area contributed by atoms with E-state index in [9.17, 15) is 13.2 Å². The summed E-state index contributed by atoms with van der Waals surface area (Å²) in [7, 11) is 0.647. The number of hydrogen-bond acceptors (Lipinski definition) is 5. The topological polar surface area (TPSA) is 80.1 Å².